The molecule has 1 amide bonds. The molecule has 4 aliphatic rings. The average Bonchev–Trinajstić information content (AvgIpc) is 3.66. The van der Waals surface area contributed by atoms with Crippen molar-refractivity contribution in [2.24, 2.45) is 5.92 Å². The number of piperazine rings is 1. The van der Waals surface area contributed by atoms with Crippen molar-refractivity contribution in [2.75, 3.05) is 69.8 Å². The number of anilines is 3. The number of fused-ring (bicyclic) bond motifs is 2. The third kappa shape index (κ3) is 5.53. The van der Waals surface area contributed by atoms with Gasteiger partial charge in [0.05, 0.1) is 41.5 Å². The molecule has 0 bridgehead atoms. The van der Waals surface area contributed by atoms with Crippen LogP contribution in [0.5, 0.6) is 11.5 Å². The number of ether oxygens (including phenoxy) is 3. The molecule has 0 spiro atoms. The second kappa shape index (κ2) is 11.4. The largest absolute Gasteiger partial charge is 0.485 e. The number of nitrogens with one attached hydrogen (secondary N) is 3. The number of rotatable bonds is 7. The SMILES string of the molecule is O=C(c1ccc(Nc2nc(NCC3CCCC3)c3c(C(F)(F)F)c[nH]c3n2)c2c1OCCO2)N1CCN(C2COC2)CC1. The predicted octanol–water partition coefficient (Wildman–Crippen LogP) is 4.25. The Balaban J connectivity index is 1.15. The van der Waals surface area contributed by atoms with Crippen molar-refractivity contribution >= 4 is 34.4 Å². The molecule has 0 unspecified atom stereocenters. The van der Waals surface area contributed by atoms with E-state index in [1.165, 1.54) is 0 Å². The first kappa shape index (κ1) is 28.0. The fourth-order valence-electron chi connectivity index (χ4n) is 6.31. The highest BCUT2D eigenvalue weighted by Crippen LogP contribution is 2.43. The van der Waals surface area contributed by atoms with Gasteiger partial charge in [-0.2, -0.15) is 23.1 Å². The van der Waals surface area contributed by atoms with Crippen LogP contribution in [0, 0.1) is 5.92 Å². The summed E-state index contributed by atoms with van der Waals surface area (Å²) < 4.78 is 58.7. The maximum atomic E-state index is 13.8. The topological polar surface area (TPSA) is 117 Å². The van der Waals surface area contributed by atoms with Crippen LogP contribution in [-0.4, -0.2) is 95.9 Å². The van der Waals surface area contributed by atoms with Crippen molar-refractivity contribution in [3.63, 3.8) is 0 Å². The molecule has 1 saturated carbocycles. The summed E-state index contributed by atoms with van der Waals surface area (Å²) in [6, 6.07) is 3.80. The van der Waals surface area contributed by atoms with Crippen molar-refractivity contribution < 1.29 is 32.2 Å². The lowest BCUT2D eigenvalue weighted by atomic mass is 10.1. The molecule has 1 aliphatic carbocycles. The number of benzene rings is 1. The molecular formula is C29H34F3N7O4. The van der Waals surface area contributed by atoms with Crippen molar-refractivity contribution in [1.29, 1.82) is 0 Å². The van der Waals surface area contributed by atoms with Crippen molar-refractivity contribution in [1.82, 2.24) is 24.8 Å². The molecule has 11 nitrogen and oxygen atoms in total. The lowest BCUT2D eigenvalue weighted by molar-refractivity contribution is -0.136. The molecule has 3 fully saturated rings. The number of hydrogen-bond donors (Lipinski definition) is 3. The van der Waals surface area contributed by atoms with Gasteiger partial charge in [0.1, 0.15) is 24.7 Å². The van der Waals surface area contributed by atoms with Crippen molar-refractivity contribution in [3.05, 3.63) is 29.5 Å². The molecule has 2 aromatic heterocycles. The summed E-state index contributed by atoms with van der Waals surface area (Å²) in [7, 11) is 0. The molecule has 0 radical (unpaired) electrons. The van der Waals surface area contributed by atoms with Gasteiger partial charge in [-0.05, 0) is 30.9 Å². The first-order valence-electron chi connectivity index (χ1n) is 14.9. The Morgan fingerprint density at radius 3 is 2.47 bits per heavy atom. The first-order chi connectivity index (χ1) is 20.8. The molecule has 2 saturated heterocycles. The first-order valence-corrected chi connectivity index (χ1v) is 14.9. The Bertz CT molecular complexity index is 1500. The van der Waals surface area contributed by atoms with Gasteiger partial charge in [0, 0.05) is 38.9 Å². The molecule has 230 valence electrons. The molecular weight excluding hydrogens is 567 g/mol. The number of alkyl halides is 3. The van der Waals surface area contributed by atoms with Gasteiger partial charge in [-0.1, -0.05) is 12.8 Å². The van der Waals surface area contributed by atoms with Crippen LogP contribution in [0.2, 0.25) is 0 Å². The number of amides is 1. The van der Waals surface area contributed by atoms with E-state index in [1.54, 1.807) is 12.1 Å². The Labute approximate surface area is 246 Å². The van der Waals surface area contributed by atoms with E-state index in [9.17, 15) is 18.0 Å². The van der Waals surface area contributed by atoms with Crippen LogP contribution < -0.4 is 20.1 Å². The molecule has 7 rings (SSSR count). The third-order valence-electron chi connectivity index (χ3n) is 8.77. The summed E-state index contributed by atoms with van der Waals surface area (Å²) in [5.41, 5.74) is 0.0888. The lowest BCUT2D eigenvalue weighted by Crippen LogP contribution is -2.57. The second-order valence-electron chi connectivity index (χ2n) is 11.5. The minimum atomic E-state index is -4.56. The van der Waals surface area contributed by atoms with Gasteiger partial charge in [-0.3, -0.25) is 9.69 Å². The molecule has 0 atom stereocenters. The minimum absolute atomic E-state index is 0.0594. The van der Waals surface area contributed by atoms with Gasteiger partial charge in [0.25, 0.3) is 5.91 Å². The summed E-state index contributed by atoms with van der Waals surface area (Å²) in [6.07, 6.45) is 0.660. The van der Waals surface area contributed by atoms with Crippen molar-refractivity contribution in [2.45, 2.75) is 37.9 Å². The monoisotopic (exact) mass is 601 g/mol. The summed E-state index contributed by atoms with van der Waals surface area (Å²) in [4.78, 5) is 29.2. The molecule has 3 N–H and O–H groups in total. The predicted molar refractivity (Wildman–Crippen MR) is 152 cm³/mol. The number of hydrogen-bond acceptors (Lipinski definition) is 9. The second-order valence-corrected chi connectivity index (χ2v) is 11.5. The van der Waals surface area contributed by atoms with Gasteiger partial charge in [-0.25, -0.2) is 0 Å². The summed E-state index contributed by atoms with van der Waals surface area (Å²) in [5.74, 6) is 1.11. The Morgan fingerprint density at radius 2 is 1.77 bits per heavy atom. The zero-order valence-corrected chi connectivity index (χ0v) is 23.6. The van der Waals surface area contributed by atoms with Gasteiger partial charge in [0.15, 0.2) is 11.5 Å². The summed E-state index contributed by atoms with van der Waals surface area (Å²) in [6.45, 7) is 5.34. The van der Waals surface area contributed by atoms with Crippen LogP contribution in [0.1, 0.15) is 41.6 Å². The van der Waals surface area contributed by atoms with Crippen LogP contribution in [0.3, 0.4) is 0 Å². The number of nitrogens with zero attached hydrogens (tertiary/aromatic N) is 4. The Hall–Kier alpha value is -3.78. The quantitative estimate of drug-likeness (QED) is 0.366. The van der Waals surface area contributed by atoms with Crippen molar-refractivity contribution in [3.8, 4) is 11.5 Å². The molecule has 3 aromatic rings. The third-order valence-corrected chi connectivity index (χ3v) is 8.77. The number of carbonyl (C=O) groups excluding carboxylic acids is 1. The van der Waals surface area contributed by atoms with E-state index in [0.29, 0.717) is 54.3 Å². The van der Waals surface area contributed by atoms with Crippen LogP contribution in [0.25, 0.3) is 11.0 Å². The van der Waals surface area contributed by atoms with Crippen LogP contribution in [0.4, 0.5) is 30.6 Å². The van der Waals surface area contributed by atoms with Crippen LogP contribution in [-0.2, 0) is 10.9 Å². The molecule has 14 heteroatoms. The highest BCUT2D eigenvalue weighted by atomic mass is 19.4. The minimum Gasteiger partial charge on any atom is -0.485 e. The van der Waals surface area contributed by atoms with E-state index in [-0.39, 0.29) is 41.9 Å². The van der Waals surface area contributed by atoms with E-state index in [0.717, 1.165) is 58.2 Å². The summed E-state index contributed by atoms with van der Waals surface area (Å²) in [5, 5.41) is 6.18. The number of aromatic amines is 1. The normalized spacial score (nSPS) is 19.9. The standard InChI is InChI=1S/C29H34F3N7O4/c30-29(31,32)20-14-34-26-22(20)25(33-13-17-3-1-2-4-17)36-28(37-26)35-21-6-5-19(23-24(21)43-12-11-42-23)27(40)39-9-7-38(8-10-39)18-15-41-16-18/h5-6,14,17-18H,1-4,7-13,15-16H2,(H3,33,34,35,36,37). The maximum Gasteiger partial charge on any atom is 0.418 e. The van der Waals surface area contributed by atoms with Crippen LogP contribution >= 0.6 is 0 Å². The van der Waals surface area contributed by atoms with Gasteiger partial charge in [0.2, 0.25) is 5.95 Å². The molecule has 5 heterocycles. The highest BCUT2D eigenvalue weighted by Gasteiger charge is 2.36. The Kier molecular flexibility index (Phi) is 7.41. The van der Waals surface area contributed by atoms with Crippen LogP contribution in [0.15, 0.2) is 18.3 Å². The fraction of sp³-hybridized carbons (Fsp3) is 0.552. The fourth-order valence-corrected chi connectivity index (χ4v) is 6.31. The zero-order valence-electron chi connectivity index (χ0n) is 23.6. The van der Waals surface area contributed by atoms with E-state index in [1.807, 2.05) is 4.90 Å². The Morgan fingerprint density at radius 1 is 1.02 bits per heavy atom. The average molecular weight is 602 g/mol. The lowest BCUT2D eigenvalue weighted by Gasteiger charge is -2.42. The molecule has 43 heavy (non-hydrogen) atoms. The van der Waals surface area contributed by atoms with Gasteiger partial charge < -0.3 is 34.7 Å². The van der Waals surface area contributed by atoms with Gasteiger partial charge >= 0.3 is 6.18 Å². The summed E-state index contributed by atoms with van der Waals surface area (Å²) >= 11 is 0. The smallest absolute Gasteiger partial charge is 0.418 e. The highest BCUT2D eigenvalue weighted by molar-refractivity contribution is 5.99. The van der Waals surface area contributed by atoms with Gasteiger partial charge in [-0.15, -0.1) is 0 Å². The number of aromatic nitrogens is 3. The zero-order chi connectivity index (χ0) is 29.6. The molecule has 3 aliphatic heterocycles. The van der Waals surface area contributed by atoms with E-state index in [2.05, 4.69) is 30.5 Å². The van der Waals surface area contributed by atoms with E-state index in [4.69, 9.17) is 14.2 Å². The van der Waals surface area contributed by atoms with E-state index < -0.39 is 11.7 Å². The number of halogens is 3. The number of H-pyrrole nitrogens is 1. The molecule has 1 aromatic carbocycles. The number of carbonyl (C=O) groups is 1. The maximum absolute atomic E-state index is 13.8. The van der Waals surface area contributed by atoms with E-state index >= 15 is 0 Å².